The summed E-state index contributed by atoms with van der Waals surface area (Å²) in [5, 5.41) is 11.3. The van der Waals surface area contributed by atoms with E-state index in [1.165, 1.54) is 12.1 Å². The van der Waals surface area contributed by atoms with E-state index in [0.29, 0.717) is 6.54 Å². The van der Waals surface area contributed by atoms with Crippen molar-refractivity contribution in [2.24, 2.45) is 0 Å². The van der Waals surface area contributed by atoms with Crippen LogP contribution in [0.15, 0.2) is 54.9 Å². The second-order valence-corrected chi connectivity index (χ2v) is 4.88. The number of aromatic nitrogens is 4. The molecule has 0 spiro atoms. The highest BCUT2D eigenvalue weighted by atomic mass is 19.1. The Kier molecular flexibility index (Phi) is 4.09. The molecule has 0 unspecified atom stereocenters. The fourth-order valence-corrected chi connectivity index (χ4v) is 2.37. The lowest BCUT2D eigenvalue weighted by atomic mass is 10.1. The van der Waals surface area contributed by atoms with Crippen molar-refractivity contribution in [2.75, 3.05) is 11.4 Å². The summed E-state index contributed by atoms with van der Waals surface area (Å²) in [7, 11) is 0. The zero-order chi connectivity index (χ0) is 15.4. The normalized spacial score (nSPS) is 10.6. The van der Waals surface area contributed by atoms with Gasteiger partial charge in [0.2, 0.25) is 0 Å². The van der Waals surface area contributed by atoms with Crippen molar-refractivity contribution in [2.45, 2.75) is 13.5 Å². The summed E-state index contributed by atoms with van der Waals surface area (Å²) in [5.41, 5.74) is 2.99. The highest BCUT2D eigenvalue weighted by Crippen LogP contribution is 2.24. The molecule has 0 N–H and O–H groups in total. The van der Waals surface area contributed by atoms with E-state index in [-0.39, 0.29) is 5.82 Å². The molecule has 0 saturated carbocycles. The fourth-order valence-electron chi connectivity index (χ4n) is 2.37. The first kappa shape index (κ1) is 14.2. The van der Waals surface area contributed by atoms with Crippen molar-refractivity contribution < 1.29 is 4.39 Å². The molecule has 1 aromatic heterocycles. The van der Waals surface area contributed by atoms with Crippen LogP contribution in [0.3, 0.4) is 0 Å². The number of nitrogens with zero attached hydrogens (tertiary/aromatic N) is 5. The molecule has 112 valence electrons. The molecule has 3 rings (SSSR count). The van der Waals surface area contributed by atoms with Crippen molar-refractivity contribution >= 4 is 5.69 Å². The van der Waals surface area contributed by atoms with Gasteiger partial charge >= 0.3 is 0 Å². The molecule has 0 bridgehead atoms. The van der Waals surface area contributed by atoms with Gasteiger partial charge in [-0.25, -0.2) is 4.39 Å². The summed E-state index contributed by atoms with van der Waals surface area (Å²) < 4.78 is 14.7. The molecule has 0 fully saturated rings. The number of rotatable bonds is 5. The van der Waals surface area contributed by atoms with Crippen LogP contribution in [0.25, 0.3) is 5.69 Å². The van der Waals surface area contributed by atoms with Gasteiger partial charge in [-0.05, 0) is 47.2 Å². The van der Waals surface area contributed by atoms with Gasteiger partial charge in [-0.1, -0.05) is 24.3 Å². The number of tetrazole rings is 1. The summed E-state index contributed by atoms with van der Waals surface area (Å²) in [4.78, 5) is 2.20. The molecule has 0 saturated heterocycles. The second-order valence-electron chi connectivity index (χ2n) is 4.88. The van der Waals surface area contributed by atoms with Gasteiger partial charge in [-0.3, -0.25) is 0 Å². The van der Waals surface area contributed by atoms with Gasteiger partial charge in [0.05, 0.1) is 11.4 Å². The van der Waals surface area contributed by atoms with Crippen molar-refractivity contribution in [1.29, 1.82) is 0 Å². The molecule has 0 aliphatic heterocycles. The molecule has 22 heavy (non-hydrogen) atoms. The van der Waals surface area contributed by atoms with E-state index in [9.17, 15) is 4.39 Å². The Hall–Kier alpha value is -2.76. The van der Waals surface area contributed by atoms with Gasteiger partial charge < -0.3 is 4.90 Å². The third-order valence-corrected chi connectivity index (χ3v) is 3.49. The lowest BCUT2D eigenvalue weighted by Crippen LogP contribution is -2.23. The predicted molar refractivity (Wildman–Crippen MR) is 82.3 cm³/mol. The van der Waals surface area contributed by atoms with Crippen LogP contribution in [0, 0.1) is 5.82 Å². The molecular formula is C16H16FN5. The number of anilines is 1. The summed E-state index contributed by atoms with van der Waals surface area (Å²) >= 11 is 0. The highest BCUT2D eigenvalue weighted by Gasteiger charge is 2.12. The van der Waals surface area contributed by atoms with Gasteiger partial charge in [-0.2, -0.15) is 4.68 Å². The largest absolute Gasteiger partial charge is 0.366 e. The Labute approximate surface area is 128 Å². The topological polar surface area (TPSA) is 46.8 Å². The maximum atomic E-state index is 13.0. The van der Waals surface area contributed by atoms with Gasteiger partial charge in [0, 0.05) is 13.1 Å². The van der Waals surface area contributed by atoms with Crippen LogP contribution in [0.2, 0.25) is 0 Å². The zero-order valence-electron chi connectivity index (χ0n) is 12.2. The molecule has 0 aliphatic rings. The SMILES string of the molecule is CCN(Cc1ccc(F)cc1)c1ccccc1-n1cnnn1. The molecule has 6 heteroatoms. The van der Waals surface area contributed by atoms with Crippen LogP contribution in [-0.4, -0.2) is 26.8 Å². The molecule has 0 aliphatic carbocycles. The molecule has 3 aromatic rings. The third-order valence-electron chi connectivity index (χ3n) is 3.49. The predicted octanol–water partition coefficient (Wildman–Crippen LogP) is 2.83. The Morgan fingerprint density at radius 1 is 1.09 bits per heavy atom. The molecule has 0 amide bonds. The van der Waals surface area contributed by atoms with Crippen molar-refractivity contribution in [3.05, 3.63) is 66.2 Å². The van der Waals surface area contributed by atoms with E-state index in [1.807, 2.05) is 24.3 Å². The van der Waals surface area contributed by atoms with Crippen molar-refractivity contribution in [3.63, 3.8) is 0 Å². The standard InChI is InChI=1S/C16H16FN5/c1-2-21(11-13-7-9-14(17)10-8-13)15-5-3-4-6-16(15)22-12-18-19-20-22/h3-10,12H,2,11H2,1H3. The minimum Gasteiger partial charge on any atom is -0.366 e. The average molecular weight is 297 g/mol. The monoisotopic (exact) mass is 297 g/mol. The molecule has 0 radical (unpaired) electrons. The lowest BCUT2D eigenvalue weighted by Gasteiger charge is -2.25. The summed E-state index contributed by atoms with van der Waals surface area (Å²) in [6.07, 6.45) is 1.57. The quantitative estimate of drug-likeness (QED) is 0.726. The Bertz CT molecular complexity index is 725. The first-order valence-corrected chi connectivity index (χ1v) is 7.09. The van der Waals surface area contributed by atoms with E-state index in [4.69, 9.17) is 0 Å². The number of halogens is 1. The van der Waals surface area contributed by atoms with Crippen LogP contribution < -0.4 is 4.90 Å². The molecule has 2 aromatic carbocycles. The summed E-state index contributed by atoms with van der Waals surface area (Å²) in [6.45, 7) is 3.59. The van der Waals surface area contributed by atoms with Crippen LogP contribution in [0.4, 0.5) is 10.1 Å². The summed E-state index contributed by atoms with van der Waals surface area (Å²) in [6, 6.07) is 14.5. The third kappa shape index (κ3) is 2.95. The Balaban J connectivity index is 1.92. The maximum absolute atomic E-state index is 13.0. The fraction of sp³-hybridized carbons (Fsp3) is 0.188. The lowest BCUT2D eigenvalue weighted by molar-refractivity contribution is 0.626. The van der Waals surface area contributed by atoms with Crippen LogP contribution in [0.1, 0.15) is 12.5 Å². The molecule has 1 heterocycles. The zero-order valence-corrected chi connectivity index (χ0v) is 12.2. The first-order chi connectivity index (χ1) is 10.8. The smallest absolute Gasteiger partial charge is 0.143 e. The minimum absolute atomic E-state index is 0.221. The van der Waals surface area contributed by atoms with Crippen LogP contribution in [0.5, 0.6) is 0 Å². The van der Waals surface area contributed by atoms with Crippen molar-refractivity contribution in [3.8, 4) is 5.69 Å². The second kappa shape index (κ2) is 6.34. The van der Waals surface area contributed by atoms with Gasteiger partial charge in [-0.15, -0.1) is 5.10 Å². The number of hydrogen-bond donors (Lipinski definition) is 0. The number of benzene rings is 2. The molecule has 5 nitrogen and oxygen atoms in total. The van der Waals surface area contributed by atoms with Crippen LogP contribution in [-0.2, 0) is 6.54 Å². The average Bonchev–Trinajstić information content (AvgIpc) is 3.09. The molecular weight excluding hydrogens is 281 g/mol. The van der Waals surface area contributed by atoms with Crippen LogP contribution >= 0.6 is 0 Å². The van der Waals surface area contributed by atoms with E-state index in [1.54, 1.807) is 23.1 Å². The Morgan fingerprint density at radius 2 is 1.86 bits per heavy atom. The van der Waals surface area contributed by atoms with E-state index in [2.05, 4.69) is 27.3 Å². The number of hydrogen-bond acceptors (Lipinski definition) is 4. The van der Waals surface area contributed by atoms with Gasteiger partial charge in [0.15, 0.2) is 0 Å². The van der Waals surface area contributed by atoms with E-state index in [0.717, 1.165) is 23.5 Å². The minimum atomic E-state index is -0.221. The van der Waals surface area contributed by atoms with Gasteiger partial charge in [0.1, 0.15) is 12.1 Å². The highest BCUT2D eigenvalue weighted by molar-refractivity contribution is 5.62. The van der Waals surface area contributed by atoms with E-state index < -0.39 is 0 Å². The first-order valence-electron chi connectivity index (χ1n) is 7.09. The Morgan fingerprint density at radius 3 is 2.55 bits per heavy atom. The van der Waals surface area contributed by atoms with Gasteiger partial charge in [0.25, 0.3) is 0 Å². The summed E-state index contributed by atoms with van der Waals surface area (Å²) in [5.74, 6) is -0.221. The van der Waals surface area contributed by atoms with E-state index >= 15 is 0 Å². The maximum Gasteiger partial charge on any atom is 0.143 e. The number of para-hydroxylation sites is 2. The molecule has 0 atom stereocenters. The van der Waals surface area contributed by atoms with Crippen molar-refractivity contribution in [1.82, 2.24) is 20.2 Å².